The number of aryl methyl sites for hydroxylation is 1. The van der Waals surface area contributed by atoms with E-state index in [-0.39, 0.29) is 0 Å². The van der Waals surface area contributed by atoms with Crippen LogP contribution in [0, 0.1) is 6.92 Å². The van der Waals surface area contributed by atoms with Crippen molar-refractivity contribution in [1.82, 2.24) is 0 Å². The molecule has 1 aromatic carbocycles. The van der Waals surface area contributed by atoms with E-state index in [4.69, 9.17) is 0 Å². The lowest BCUT2D eigenvalue weighted by molar-refractivity contribution is 0.0698. The zero-order chi connectivity index (χ0) is 13.8. The van der Waals surface area contributed by atoms with Gasteiger partial charge in [-0.3, -0.25) is 0 Å². The summed E-state index contributed by atoms with van der Waals surface area (Å²) in [5.74, 6) is -0.858. The van der Waals surface area contributed by atoms with Gasteiger partial charge in [-0.15, -0.1) is 0 Å². The fourth-order valence-corrected chi connectivity index (χ4v) is 3.56. The molecule has 0 aliphatic heterocycles. The minimum atomic E-state index is -0.858. The van der Waals surface area contributed by atoms with Gasteiger partial charge >= 0.3 is 5.97 Å². The van der Waals surface area contributed by atoms with E-state index >= 15 is 0 Å². The maximum atomic E-state index is 11.3. The van der Waals surface area contributed by atoms with Crippen LogP contribution in [0.1, 0.15) is 41.6 Å². The van der Waals surface area contributed by atoms with Gasteiger partial charge in [0.05, 0.1) is 11.3 Å². The summed E-state index contributed by atoms with van der Waals surface area (Å²) in [6.07, 6.45) is 6.90. The molecule has 104 valence electrons. The van der Waals surface area contributed by atoms with Crippen LogP contribution in [0.4, 0.5) is 5.69 Å². The second-order valence-electron chi connectivity index (χ2n) is 5.17. The van der Waals surface area contributed by atoms with Crippen LogP contribution < -0.4 is 5.32 Å². The number of benzene rings is 1. The molecule has 0 amide bonds. The second kappa shape index (κ2) is 6.33. The summed E-state index contributed by atoms with van der Waals surface area (Å²) in [5, 5.41) is 13.4. The normalized spacial score (nSPS) is 23.1. The quantitative estimate of drug-likeness (QED) is 0.880. The van der Waals surface area contributed by atoms with Gasteiger partial charge in [0.2, 0.25) is 0 Å². The third-order valence-corrected chi connectivity index (χ3v) is 4.91. The van der Waals surface area contributed by atoms with Crippen molar-refractivity contribution >= 4 is 23.4 Å². The lowest BCUT2D eigenvalue weighted by Gasteiger charge is -2.30. The Morgan fingerprint density at radius 1 is 1.42 bits per heavy atom. The van der Waals surface area contributed by atoms with Crippen LogP contribution in [0.2, 0.25) is 0 Å². The fraction of sp³-hybridized carbons (Fsp3) is 0.533. The standard InChI is InChI=1S/C15H21NO2S/c1-10-5-3-8-13(15(17)18)14(10)16-11-6-4-7-12(9-11)19-2/h3,5,8,11-12,16H,4,6-7,9H2,1-2H3,(H,17,18). The lowest BCUT2D eigenvalue weighted by atomic mass is 9.94. The van der Waals surface area contributed by atoms with E-state index in [0.29, 0.717) is 16.9 Å². The van der Waals surface area contributed by atoms with Crippen LogP contribution >= 0.6 is 11.8 Å². The molecule has 2 rings (SSSR count). The summed E-state index contributed by atoms with van der Waals surface area (Å²) in [5.41, 5.74) is 2.18. The van der Waals surface area contributed by atoms with Crippen LogP contribution in [0.25, 0.3) is 0 Å². The number of thioether (sulfide) groups is 1. The summed E-state index contributed by atoms with van der Waals surface area (Å²) in [6.45, 7) is 1.96. The molecule has 1 saturated carbocycles. The Morgan fingerprint density at radius 2 is 2.21 bits per heavy atom. The minimum absolute atomic E-state index is 0.381. The molecule has 0 saturated heterocycles. The van der Waals surface area contributed by atoms with E-state index in [9.17, 15) is 9.90 Å². The predicted molar refractivity (Wildman–Crippen MR) is 81.3 cm³/mol. The fourth-order valence-electron chi connectivity index (χ4n) is 2.73. The van der Waals surface area contributed by atoms with Gasteiger partial charge in [-0.05, 0) is 44.1 Å². The molecule has 19 heavy (non-hydrogen) atoms. The van der Waals surface area contributed by atoms with Gasteiger partial charge in [0.15, 0.2) is 0 Å². The molecule has 1 fully saturated rings. The van der Waals surface area contributed by atoms with Gasteiger partial charge in [0.25, 0.3) is 0 Å². The van der Waals surface area contributed by atoms with E-state index < -0.39 is 5.97 Å². The molecule has 0 radical (unpaired) electrons. The summed E-state index contributed by atoms with van der Waals surface area (Å²) in [6, 6.07) is 5.83. The Kier molecular flexibility index (Phi) is 4.75. The van der Waals surface area contributed by atoms with E-state index in [0.717, 1.165) is 24.1 Å². The number of aromatic carboxylic acids is 1. The minimum Gasteiger partial charge on any atom is -0.478 e. The van der Waals surface area contributed by atoms with Gasteiger partial charge in [-0.2, -0.15) is 11.8 Å². The van der Waals surface area contributed by atoms with Crippen molar-refractivity contribution in [3.8, 4) is 0 Å². The van der Waals surface area contributed by atoms with Gasteiger partial charge in [-0.1, -0.05) is 18.6 Å². The van der Waals surface area contributed by atoms with Gasteiger partial charge in [0, 0.05) is 11.3 Å². The summed E-state index contributed by atoms with van der Waals surface area (Å²) >= 11 is 1.92. The average molecular weight is 279 g/mol. The largest absolute Gasteiger partial charge is 0.478 e. The number of carboxylic acid groups (broad SMARTS) is 1. The maximum Gasteiger partial charge on any atom is 0.337 e. The number of para-hydroxylation sites is 1. The molecule has 0 heterocycles. The zero-order valence-electron chi connectivity index (χ0n) is 11.5. The van der Waals surface area contributed by atoms with Crippen molar-refractivity contribution < 1.29 is 9.90 Å². The van der Waals surface area contributed by atoms with Crippen LogP contribution in [0.5, 0.6) is 0 Å². The van der Waals surface area contributed by atoms with E-state index in [1.165, 1.54) is 12.8 Å². The highest BCUT2D eigenvalue weighted by Gasteiger charge is 2.23. The van der Waals surface area contributed by atoms with Crippen molar-refractivity contribution in [2.75, 3.05) is 11.6 Å². The average Bonchev–Trinajstić information content (AvgIpc) is 2.41. The Morgan fingerprint density at radius 3 is 2.89 bits per heavy atom. The molecule has 1 aliphatic carbocycles. The molecule has 1 aliphatic rings. The second-order valence-corrected chi connectivity index (χ2v) is 6.31. The van der Waals surface area contributed by atoms with Crippen LogP contribution in [0.3, 0.4) is 0 Å². The number of hydrogen-bond acceptors (Lipinski definition) is 3. The van der Waals surface area contributed by atoms with Crippen molar-refractivity contribution in [1.29, 1.82) is 0 Å². The van der Waals surface area contributed by atoms with Crippen molar-refractivity contribution in [2.45, 2.75) is 43.9 Å². The first-order chi connectivity index (χ1) is 9.11. The number of anilines is 1. The van der Waals surface area contributed by atoms with E-state index in [1.807, 2.05) is 24.8 Å². The highest BCUT2D eigenvalue weighted by molar-refractivity contribution is 7.99. The Bertz CT molecular complexity index is 461. The topological polar surface area (TPSA) is 49.3 Å². The van der Waals surface area contributed by atoms with Gasteiger partial charge in [-0.25, -0.2) is 4.79 Å². The van der Waals surface area contributed by atoms with E-state index in [2.05, 4.69) is 11.6 Å². The molecular formula is C15H21NO2S. The number of nitrogens with one attached hydrogen (secondary N) is 1. The third-order valence-electron chi connectivity index (χ3n) is 3.81. The Balaban J connectivity index is 2.16. The highest BCUT2D eigenvalue weighted by atomic mass is 32.2. The number of hydrogen-bond donors (Lipinski definition) is 2. The molecule has 0 bridgehead atoms. The molecule has 3 nitrogen and oxygen atoms in total. The first kappa shape index (κ1) is 14.3. The molecular weight excluding hydrogens is 258 g/mol. The van der Waals surface area contributed by atoms with E-state index in [1.54, 1.807) is 12.1 Å². The number of carbonyl (C=O) groups is 1. The van der Waals surface area contributed by atoms with Crippen molar-refractivity contribution in [2.24, 2.45) is 0 Å². The van der Waals surface area contributed by atoms with Crippen LogP contribution in [-0.4, -0.2) is 28.6 Å². The molecule has 2 N–H and O–H groups in total. The zero-order valence-corrected chi connectivity index (χ0v) is 12.3. The predicted octanol–water partition coefficient (Wildman–Crippen LogP) is 3.78. The number of carboxylic acids is 1. The molecule has 1 aromatic rings. The summed E-state index contributed by atoms with van der Waals surface area (Å²) < 4.78 is 0. The molecule has 0 spiro atoms. The van der Waals surface area contributed by atoms with Gasteiger partial charge in [0.1, 0.15) is 0 Å². The summed E-state index contributed by atoms with van der Waals surface area (Å²) in [4.78, 5) is 11.3. The Hall–Kier alpha value is -1.16. The molecule has 0 aromatic heterocycles. The number of rotatable bonds is 4. The monoisotopic (exact) mass is 279 g/mol. The molecule has 2 unspecified atom stereocenters. The molecule has 2 atom stereocenters. The van der Waals surface area contributed by atoms with Crippen molar-refractivity contribution in [3.63, 3.8) is 0 Å². The lowest BCUT2D eigenvalue weighted by Crippen LogP contribution is -2.29. The first-order valence-electron chi connectivity index (χ1n) is 6.74. The molecule has 4 heteroatoms. The van der Waals surface area contributed by atoms with Crippen LogP contribution in [0.15, 0.2) is 18.2 Å². The Labute approximate surface area is 118 Å². The SMILES string of the molecule is CSC1CCCC(Nc2c(C)cccc2C(=O)O)C1. The third kappa shape index (κ3) is 3.44. The summed E-state index contributed by atoms with van der Waals surface area (Å²) in [7, 11) is 0. The smallest absolute Gasteiger partial charge is 0.337 e. The highest BCUT2D eigenvalue weighted by Crippen LogP contribution is 2.30. The first-order valence-corrected chi connectivity index (χ1v) is 8.03. The van der Waals surface area contributed by atoms with Crippen molar-refractivity contribution in [3.05, 3.63) is 29.3 Å². The maximum absolute atomic E-state index is 11.3. The van der Waals surface area contributed by atoms with Gasteiger partial charge < -0.3 is 10.4 Å². The van der Waals surface area contributed by atoms with Crippen LogP contribution in [-0.2, 0) is 0 Å².